The van der Waals surface area contributed by atoms with E-state index in [0.29, 0.717) is 11.1 Å². The van der Waals surface area contributed by atoms with Gasteiger partial charge in [0.1, 0.15) is 49.3 Å². The average Bonchev–Trinajstić information content (AvgIpc) is 1.01. The highest BCUT2D eigenvalue weighted by Crippen LogP contribution is 2.40. The summed E-state index contributed by atoms with van der Waals surface area (Å²) in [4.78, 5) is 56.9. The van der Waals surface area contributed by atoms with Gasteiger partial charge in [-0.1, -0.05) is 194 Å². The summed E-state index contributed by atoms with van der Waals surface area (Å²) in [5.74, 6) is -5.39. The van der Waals surface area contributed by atoms with Gasteiger partial charge in [0, 0.05) is 20.3 Å². The van der Waals surface area contributed by atoms with Crippen LogP contribution in [0.2, 0.25) is 0 Å². The lowest BCUT2D eigenvalue weighted by Crippen LogP contribution is -2.66. The predicted octanol–water partition coefficient (Wildman–Crippen LogP) is 12.1. The Balaban J connectivity index is 1.05. The first-order chi connectivity index (χ1) is 46.8. The number of rotatable bonds is 28. The summed E-state index contributed by atoms with van der Waals surface area (Å²) in [7, 11) is 0. The maximum atomic E-state index is 14.9. The first-order valence-electron chi connectivity index (χ1n) is 31.8. The molecule has 1 N–H and O–H groups in total. The van der Waals surface area contributed by atoms with Crippen LogP contribution in [0, 0.1) is 0 Å². The molecule has 8 aromatic carbocycles. The van der Waals surface area contributed by atoms with Crippen molar-refractivity contribution in [2.75, 3.05) is 13.2 Å². The Labute approximate surface area is 557 Å². The lowest BCUT2D eigenvalue weighted by atomic mass is 9.96. The van der Waals surface area contributed by atoms with E-state index in [9.17, 15) is 24.3 Å². The van der Waals surface area contributed by atoms with Crippen LogP contribution in [0.5, 0.6) is 0 Å². The van der Waals surface area contributed by atoms with Gasteiger partial charge in [-0.05, 0) is 77.7 Å². The topological polar surface area (TPSA) is 218 Å². The smallest absolute Gasteiger partial charge is 0.343 e. The fourth-order valence-electron chi connectivity index (χ4n) is 11.3. The van der Waals surface area contributed by atoms with Gasteiger partial charge >= 0.3 is 23.9 Å². The molecule has 96 heavy (non-hydrogen) atoms. The van der Waals surface area contributed by atoms with E-state index in [1.54, 1.807) is 123 Å². The van der Waals surface area contributed by atoms with Crippen molar-refractivity contribution in [2.45, 2.75) is 133 Å². The van der Waals surface area contributed by atoms with Crippen LogP contribution < -0.4 is 0 Å². The summed E-state index contributed by atoms with van der Waals surface area (Å²) in [6.45, 7) is 4.34. The molecule has 3 aliphatic rings. The minimum absolute atomic E-state index is 0.00812. The summed E-state index contributed by atoms with van der Waals surface area (Å²) >= 11 is 0. The zero-order valence-electron chi connectivity index (χ0n) is 53.3. The Morgan fingerprint density at radius 1 is 0.448 bits per heavy atom. The largest absolute Gasteiger partial charge is 0.462 e. The number of aliphatic hydroxyl groups is 1. The van der Waals surface area contributed by atoms with Crippen molar-refractivity contribution in [3.05, 3.63) is 299 Å². The van der Waals surface area contributed by atoms with Crippen molar-refractivity contribution in [2.24, 2.45) is 0 Å². The molecule has 11 rings (SSSR count). The number of carbonyl (C=O) groups is 4. The van der Waals surface area contributed by atoms with Crippen LogP contribution >= 0.6 is 0 Å². The summed E-state index contributed by atoms with van der Waals surface area (Å²) in [6, 6.07) is 70.8. The number of aliphatic hydroxyl groups excluding tert-OH is 1. The Hall–Kier alpha value is -9.22. The molecule has 8 aromatic rings. The molecule has 12 atom stereocenters. The van der Waals surface area contributed by atoms with Crippen molar-refractivity contribution in [1.29, 1.82) is 0 Å². The Morgan fingerprint density at radius 3 is 1.35 bits per heavy atom. The van der Waals surface area contributed by atoms with Gasteiger partial charge in [-0.3, -0.25) is 0 Å². The second kappa shape index (κ2) is 33.4. The molecule has 0 radical (unpaired) electrons. The number of hydrogen-bond acceptors (Lipinski definition) is 19. The molecule has 0 amide bonds. The molecule has 0 saturated carbocycles. The van der Waals surface area contributed by atoms with E-state index < -0.39 is 116 Å². The maximum absolute atomic E-state index is 14.9. The fourth-order valence-corrected chi connectivity index (χ4v) is 11.3. The van der Waals surface area contributed by atoms with E-state index in [0.717, 1.165) is 16.7 Å². The third-order valence-corrected chi connectivity index (χ3v) is 16.0. The van der Waals surface area contributed by atoms with Crippen molar-refractivity contribution in [1.82, 2.24) is 0 Å². The van der Waals surface area contributed by atoms with Gasteiger partial charge in [-0.25, -0.2) is 19.2 Å². The van der Waals surface area contributed by atoms with Crippen LogP contribution in [-0.2, 0) is 92.7 Å². The number of carbonyl (C=O) groups excluding carboxylic acids is 4. The monoisotopic (exact) mass is 1300 g/mol. The van der Waals surface area contributed by atoms with Crippen LogP contribution in [-0.4, -0.2) is 122 Å². The van der Waals surface area contributed by atoms with E-state index in [1.807, 2.05) is 128 Å². The molecule has 3 aliphatic heterocycles. The molecule has 3 heterocycles. The molecule has 0 aromatic heterocycles. The van der Waals surface area contributed by atoms with E-state index in [4.69, 9.17) is 66.3 Å². The SMILES string of the molecule is CC1O[C@@H](OC2C(OC(=O)c3ccccc3)[C@H](OCc3ccccc3)OC(COC(=O)c3ccccc3)[C@H]2O[C@H](O)/C(OC(=O)c2ccccc2)=C2\OC(C)(C)O[C@H]2CCOC(=O)c2ccccc2)C(OCc2ccccc2)C(OCc2ccccc2)[C@@H]1OCc1ccccc1. The first kappa shape index (κ1) is 68.2. The normalized spacial score (nSPS) is 23.7. The third kappa shape index (κ3) is 18.4. The summed E-state index contributed by atoms with van der Waals surface area (Å²) < 4.78 is 93.5. The van der Waals surface area contributed by atoms with Crippen molar-refractivity contribution in [3.8, 4) is 0 Å². The number of hydrogen-bond donors (Lipinski definition) is 1. The lowest BCUT2D eigenvalue weighted by molar-refractivity contribution is -0.376. The minimum Gasteiger partial charge on any atom is -0.462 e. The van der Waals surface area contributed by atoms with E-state index in [1.165, 1.54) is 12.1 Å². The van der Waals surface area contributed by atoms with Crippen molar-refractivity contribution >= 4 is 23.9 Å². The van der Waals surface area contributed by atoms with E-state index in [2.05, 4.69) is 0 Å². The molecule has 0 aliphatic carbocycles. The third-order valence-electron chi connectivity index (χ3n) is 16.0. The summed E-state index contributed by atoms with van der Waals surface area (Å²) in [5, 5.41) is 13.2. The summed E-state index contributed by atoms with van der Waals surface area (Å²) in [6.07, 6.45) is -17.2. The van der Waals surface area contributed by atoms with Gasteiger partial charge in [0.2, 0.25) is 17.8 Å². The van der Waals surface area contributed by atoms with Gasteiger partial charge in [-0.15, -0.1) is 0 Å². The van der Waals surface area contributed by atoms with E-state index in [-0.39, 0.29) is 61.9 Å². The van der Waals surface area contributed by atoms with Crippen molar-refractivity contribution in [3.63, 3.8) is 0 Å². The Bertz CT molecular complexity index is 3760. The van der Waals surface area contributed by atoms with Crippen LogP contribution in [0.25, 0.3) is 0 Å². The van der Waals surface area contributed by atoms with Gasteiger partial charge in [0.15, 0.2) is 24.4 Å². The van der Waals surface area contributed by atoms with Gasteiger partial charge in [-0.2, -0.15) is 0 Å². The second-order valence-electron chi connectivity index (χ2n) is 23.5. The Kier molecular flexibility index (Phi) is 23.7. The highest BCUT2D eigenvalue weighted by atomic mass is 16.8. The number of benzene rings is 8. The quantitative estimate of drug-likeness (QED) is 0.0209. The fraction of sp³-hybridized carbons (Fsp3) is 0.299. The maximum Gasteiger partial charge on any atom is 0.343 e. The van der Waals surface area contributed by atoms with Crippen LogP contribution in [0.15, 0.2) is 254 Å². The molecular formula is C77H76O19. The number of ether oxygens (including phenoxy) is 14. The minimum atomic E-state index is -2.35. The van der Waals surface area contributed by atoms with Gasteiger partial charge in [0.05, 0.1) is 61.4 Å². The Morgan fingerprint density at radius 2 is 0.865 bits per heavy atom. The molecular weight excluding hydrogens is 1230 g/mol. The second-order valence-corrected chi connectivity index (χ2v) is 23.5. The molecule has 19 nitrogen and oxygen atoms in total. The molecule has 3 fully saturated rings. The zero-order valence-corrected chi connectivity index (χ0v) is 53.3. The molecule has 0 spiro atoms. The van der Waals surface area contributed by atoms with E-state index >= 15 is 0 Å². The first-order valence-corrected chi connectivity index (χ1v) is 31.8. The molecule has 0 bridgehead atoms. The highest BCUT2D eigenvalue weighted by molar-refractivity contribution is 5.91. The standard InChI is InChI=1S/C77H76O19/c1-51-62(84-46-52-28-12-4-13-29-52)65(85-47-53-30-14-5-15-31-53)68(86-48-54-32-16-6-17-33-54)76(89-51)94-66-63(91-74(82)67(92-72(80)58-40-24-10-25-41-58)64-60(95-77(2,3)96-64)44-45-83-70(78)56-36-20-8-21-37-56)61(50-87-71(79)57-38-22-9-23-39-57)90-75(88-49-55-34-18-7-19-35-55)69(66)93-73(81)59-42-26-11-27-43-59/h4-43,51,60-63,65-66,68-69,74-76,82H,44-50H2,1-3H3/b67-64+/t51?,60-,61?,62+,63+,65?,66?,68?,69?,74-,75+,76-/m0/s1. The van der Waals surface area contributed by atoms with Gasteiger partial charge in [0.25, 0.3) is 0 Å². The highest BCUT2D eigenvalue weighted by Gasteiger charge is 2.56. The number of esters is 4. The zero-order chi connectivity index (χ0) is 66.6. The molecule has 3 saturated heterocycles. The molecule has 498 valence electrons. The van der Waals surface area contributed by atoms with Crippen LogP contribution in [0.4, 0.5) is 0 Å². The average molecular weight is 1310 g/mol. The molecule has 6 unspecified atom stereocenters. The lowest BCUT2D eigenvalue weighted by Gasteiger charge is -2.49. The molecule has 19 heteroatoms. The predicted molar refractivity (Wildman–Crippen MR) is 348 cm³/mol. The summed E-state index contributed by atoms with van der Waals surface area (Å²) in [5.41, 5.74) is 3.94. The van der Waals surface area contributed by atoms with Gasteiger partial charge < -0.3 is 71.4 Å². The van der Waals surface area contributed by atoms with Crippen LogP contribution in [0.1, 0.15) is 90.9 Å². The van der Waals surface area contributed by atoms with Crippen molar-refractivity contribution < 1.29 is 90.6 Å². The van der Waals surface area contributed by atoms with Crippen LogP contribution in [0.3, 0.4) is 0 Å².